The van der Waals surface area contributed by atoms with Crippen LogP contribution in [0.5, 0.6) is 11.5 Å². The second-order valence-corrected chi connectivity index (χ2v) is 4.22. The standard InChI is InChI=1S/C12H14F2N2O3/c1-18-8-4-6(15)5-9(19-12(13)14)10(8)11(17)16-7-2-3-7/h4-5,7,12H,2-3,15H2,1H3,(H,16,17). The van der Waals surface area contributed by atoms with Crippen LogP contribution >= 0.6 is 0 Å². The van der Waals surface area contributed by atoms with Crippen molar-refractivity contribution in [3.8, 4) is 11.5 Å². The molecule has 0 atom stereocenters. The summed E-state index contributed by atoms with van der Waals surface area (Å²) in [5, 5.41) is 2.69. The molecule has 0 unspecified atom stereocenters. The molecule has 0 aromatic heterocycles. The first-order valence-corrected chi connectivity index (χ1v) is 5.74. The molecule has 7 heteroatoms. The molecule has 3 N–H and O–H groups in total. The summed E-state index contributed by atoms with van der Waals surface area (Å²) in [5.74, 6) is -0.686. The normalized spacial score (nSPS) is 14.3. The Hall–Kier alpha value is -2.05. The van der Waals surface area contributed by atoms with Gasteiger partial charge in [-0.1, -0.05) is 0 Å². The number of anilines is 1. The van der Waals surface area contributed by atoms with Gasteiger partial charge in [0.25, 0.3) is 5.91 Å². The van der Waals surface area contributed by atoms with Gasteiger partial charge in [-0.3, -0.25) is 4.79 Å². The van der Waals surface area contributed by atoms with E-state index >= 15 is 0 Å². The van der Waals surface area contributed by atoms with Crippen molar-refractivity contribution >= 4 is 11.6 Å². The first kappa shape index (κ1) is 13.4. The van der Waals surface area contributed by atoms with Crippen molar-refractivity contribution < 1.29 is 23.0 Å². The Bertz CT molecular complexity index is 490. The number of methoxy groups -OCH3 is 1. The molecule has 0 aliphatic heterocycles. The Morgan fingerprint density at radius 3 is 2.58 bits per heavy atom. The maximum absolute atomic E-state index is 12.4. The number of benzene rings is 1. The van der Waals surface area contributed by atoms with Crippen LogP contribution in [-0.4, -0.2) is 25.7 Å². The molecule has 1 fully saturated rings. The van der Waals surface area contributed by atoms with Crippen LogP contribution in [0.4, 0.5) is 14.5 Å². The molecule has 0 saturated heterocycles. The number of halogens is 2. The number of nitrogen functional groups attached to an aromatic ring is 1. The summed E-state index contributed by atoms with van der Waals surface area (Å²) in [6.07, 6.45) is 1.77. The van der Waals surface area contributed by atoms with Crippen LogP contribution in [0, 0.1) is 0 Å². The monoisotopic (exact) mass is 272 g/mol. The van der Waals surface area contributed by atoms with E-state index in [0.717, 1.165) is 12.8 Å². The molecule has 1 aliphatic carbocycles. The second-order valence-electron chi connectivity index (χ2n) is 4.22. The highest BCUT2D eigenvalue weighted by Crippen LogP contribution is 2.33. The molecular formula is C12H14F2N2O3. The summed E-state index contributed by atoms with van der Waals surface area (Å²) in [6.45, 7) is -3.04. The van der Waals surface area contributed by atoms with E-state index in [1.165, 1.54) is 19.2 Å². The number of hydrogen-bond acceptors (Lipinski definition) is 4. The summed E-state index contributed by atoms with van der Waals surface area (Å²) in [7, 11) is 1.33. The maximum Gasteiger partial charge on any atom is 0.387 e. The van der Waals surface area contributed by atoms with E-state index in [4.69, 9.17) is 10.5 Å². The lowest BCUT2D eigenvalue weighted by Crippen LogP contribution is -2.26. The van der Waals surface area contributed by atoms with E-state index in [-0.39, 0.29) is 28.8 Å². The molecule has 1 saturated carbocycles. The van der Waals surface area contributed by atoms with Crippen LogP contribution in [-0.2, 0) is 0 Å². The van der Waals surface area contributed by atoms with Gasteiger partial charge in [-0.15, -0.1) is 0 Å². The summed E-state index contributed by atoms with van der Waals surface area (Å²) in [6, 6.07) is 2.66. The number of alkyl halides is 2. The average Bonchev–Trinajstić information content (AvgIpc) is 3.10. The predicted octanol–water partition coefficient (Wildman–Crippen LogP) is 1.77. The summed E-state index contributed by atoms with van der Waals surface area (Å²) in [5.41, 5.74) is 5.67. The van der Waals surface area contributed by atoms with Crippen LogP contribution in [0.1, 0.15) is 23.2 Å². The lowest BCUT2D eigenvalue weighted by atomic mass is 10.1. The topological polar surface area (TPSA) is 73.6 Å². The van der Waals surface area contributed by atoms with Crippen molar-refractivity contribution in [1.29, 1.82) is 0 Å². The molecule has 1 aromatic rings. The molecule has 0 spiro atoms. The molecule has 1 amide bonds. The zero-order chi connectivity index (χ0) is 14.0. The predicted molar refractivity (Wildman–Crippen MR) is 64.5 cm³/mol. The zero-order valence-electron chi connectivity index (χ0n) is 10.3. The fraction of sp³-hybridized carbons (Fsp3) is 0.417. The highest BCUT2D eigenvalue weighted by Gasteiger charge is 2.28. The number of nitrogens with one attached hydrogen (secondary N) is 1. The third-order valence-electron chi connectivity index (χ3n) is 2.66. The number of carbonyl (C=O) groups is 1. The minimum absolute atomic E-state index is 0.0658. The van der Waals surface area contributed by atoms with Gasteiger partial charge in [-0.05, 0) is 12.8 Å². The Balaban J connectivity index is 2.37. The van der Waals surface area contributed by atoms with Gasteiger partial charge < -0.3 is 20.5 Å². The number of rotatable bonds is 5. The van der Waals surface area contributed by atoms with Gasteiger partial charge in [0.2, 0.25) is 0 Å². The average molecular weight is 272 g/mol. The molecule has 1 aromatic carbocycles. The largest absolute Gasteiger partial charge is 0.496 e. The smallest absolute Gasteiger partial charge is 0.387 e. The Morgan fingerprint density at radius 2 is 2.05 bits per heavy atom. The van der Waals surface area contributed by atoms with Crippen LogP contribution in [0.15, 0.2) is 12.1 Å². The molecule has 0 heterocycles. The van der Waals surface area contributed by atoms with Crippen molar-refractivity contribution in [2.45, 2.75) is 25.5 Å². The number of amides is 1. The quantitative estimate of drug-likeness (QED) is 0.801. The highest BCUT2D eigenvalue weighted by molar-refractivity contribution is 6.00. The van der Waals surface area contributed by atoms with Crippen LogP contribution < -0.4 is 20.5 Å². The van der Waals surface area contributed by atoms with Crippen molar-refractivity contribution in [2.75, 3.05) is 12.8 Å². The molecule has 2 rings (SSSR count). The van der Waals surface area contributed by atoms with E-state index in [0.29, 0.717) is 0 Å². The maximum atomic E-state index is 12.4. The van der Waals surface area contributed by atoms with Crippen molar-refractivity contribution in [3.05, 3.63) is 17.7 Å². The summed E-state index contributed by atoms with van der Waals surface area (Å²) in [4.78, 5) is 12.0. The van der Waals surface area contributed by atoms with Gasteiger partial charge in [-0.2, -0.15) is 8.78 Å². The lowest BCUT2D eigenvalue weighted by molar-refractivity contribution is -0.0502. The van der Waals surface area contributed by atoms with Gasteiger partial charge in [-0.25, -0.2) is 0 Å². The van der Waals surface area contributed by atoms with Crippen LogP contribution in [0.2, 0.25) is 0 Å². The van der Waals surface area contributed by atoms with Crippen molar-refractivity contribution in [3.63, 3.8) is 0 Å². The number of nitrogens with two attached hydrogens (primary N) is 1. The highest BCUT2D eigenvalue weighted by atomic mass is 19.3. The fourth-order valence-corrected chi connectivity index (χ4v) is 1.67. The summed E-state index contributed by atoms with van der Waals surface area (Å²) >= 11 is 0. The Kier molecular flexibility index (Phi) is 3.73. The lowest BCUT2D eigenvalue weighted by Gasteiger charge is -2.15. The SMILES string of the molecule is COc1cc(N)cc(OC(F)F)c1C(=O)NC1CC1. The van der Waals surface area contributed by atoms with Gasteiger partial charge in [0.05, 0.1) is 7.11 Å². The Labute approximate surface area is 108 Å². The molecule has 19 heavy (non-hydrogen) atoms. The van der Waals surface area contributed by atoms with Gasteiger partial charge >= 0.3 is 6.61 Å². The molecule has 5 nitrogen and oxygen atoms in total. The summed E-state index contributed by atoms with van der Waals surface area (Å²) < 4.78 is 34.1. The molecule has 104 valence electrons. The first-order chi connectivity index (χ1) is 9.01. The minimum atomic E-state index is -3.04. The van der Waals surface area contributed by atoms with Crippen molar-refractivity contribution in [1.82, 2.24) is 5.32 Å². The van der Waals surface area contributed by atoms with E-state index in [1.54, 1.807) is 0 Å². The number of ether oxygens (including phenoxy) is 2. The zero-order valence-corrected chi connectivity index (χ0v) is 10.3. The number of carbonyl (C=O) groups excluding carboxylic acids is 1. The molecule has 0 radical (unpaired) electrons. The molecular weight excluding hydrogens is 258 g/mol. The van der Waals surface area contributed by atoms with Crippen LogP contribution in [0.3, 0.4) is 0 Å². The Morgan fingerprint density at radius 1 is 1.42 bits per heavy atom. The first-order valence-electron chi connectivity index (χ1n) is 5.74. The number of hydrogen-bond donors (Lipinski definition) is 2. The van der Waals surface area contributed by atoms with Gasteiger partial charge in [0, 0.05) is 23.9 Å². The van der Waals surface area contributed by atoms with E-state index < -0.39 is 12.5 Å². The van der Waals surface area contributed by atoms with E-state index in [2.05, 4.69) is 10.1 Å². The second kappa shape index (κ2) is 5.29. The third kappa shape index (κ3) is 3.24. The van der Waals surface area contributed by atoms with Gasteiger partial charge in [0.15, 0.2) is 0 Å². The molecule has 0 bridgehead atoms. The molecule has 1 aliphatic rings. The van der Waals surface area contributed by atoms with E-state index in [9.17, 15) is 13.6 Å². The fourth-order valence-electron chi connectivity index (χ4n) is 1.67. The van der Waals surface area contributed by atoms with Crippen LogP contribution in [0.25, 0.3) is 0 Å². The minimum Gasteiger partial charge on any atom is -0.496 e. The van der Waals surface area contributed by atoms with Crippen molar-refractivity contribution in [2.24, 2.45) is 0 Å². The van der Waals surface area contributed by atoms with Gasteiger partial charge in [0.1, 0.15) is 17.1 Å². The van der Waals surface area contributed by atoms with E-state index in [1.807, 2.05) is 0 Å². The third-order valence-corrected chi connectivity index (χ3v) is 2.66.